The van der Waals surface area contributed by atoms with E-state index in [0.29, 0.717) is 0 Å². The van der Waals surface area contributed by atoms with Gasteiger partial charge in [-0.25, -0.2) is 4.79 Å². The zero-order valence-electron chi connectivity index (χ0n) is 14.0. The normalized spacial score (nSPS) is 10.6. The summed E-state index contributed by atoms with van der Waals surface area (Å²) in [6.07, 6.45) is 0. The van der Waals surface area contributed by atoms with Gasteiger partial charge >= 0.3 is 6.03 Å². The van der Waals surface area contributed by atoms with Crippen molar-refractivity contribution in [1.82, 2.24) is 4.98 Å². The van der Waals surface area contributed by atoms with Crippen molar-refractivity contribution in [1.29, 1.82) is 0 Å². The van der Waals surface area contributed by atoms with Crippen molar-refractivity contribution in [2.75, 3.05) is 23.9 Å². The first-order chi connectivity index (χ1) is 11.5. The van der Waals surface area contributed by atoms with Crippen LogP contribution in [0.1, 0.15) is 5.69 Å². The summed E-state index contributed by atoms with van der Waals surface area (Å²) in [6.45, 7) is 1.91. The van der Waals surface area contributed by atoms with Crippen LogP contribution in [0.25, 0.3) is 10.9 Å². The fourth-order valence-corrected chi connectivity index (χ4v) is 2.77. The smallest absolute Gasteiger partial charge is 0.323 e. The molecule has 3 rings (SSSR count). The molecule has 0 bridgehead atoms. The number of amides is 2. The lowest BCUT2D eigenvalue weighted by atomic mass is 10.1. The SMILES string of the molecule is Cc1cc(N(C(N)=O)c2cccc(N(C)C)c2)c2ccccc2n1. The number of para-hydroxylation sites is 1. The number of aromatic nitrogens is 1. The standard InChI is InChI=1S/C19H20N4O/c1-13-11-18(16-9-4-5-10-17(16)21-13)23(19(20)24)15-8-6-7-14(12-15)22(2)3/h4-12H,1-3H3,(H2,20,24). The van der Waals surface area contributed by atoms with Gasteiger partial charge in [0.2, 0.25) is 0 Å². The van der Waals surface area contributed by atoms with Crippen LogP contribution in [0.3, 0.4) is 0 Å². The molecule has 0 saturated carbocycles. The van der Waals surface area contributed by atoms with Crippen LogP contribution in [0.4, 0.5) is 21.9 Å². The maximum Gasteiger partial charge on any atom is 0.323 e. The summed E-state index contributed by atoms with van der Waals surface area (Å²) in [5.41, 5.74) is 9.85. The van der Waals surface area contributed by atoms with Crippen LogP contribution in [0.5, 0.6) is 0 Å². The number of primary amides is 1. The zero-order valence-corrected chi connectivity index (χ0v) is 14.0. The molecule has 0 aliphatic heterocycles. The molecule has 1 heterocycles. The molecule has 2 aromatic carbocycles. The molecule has 0 fully saturated rings. The minimum atomic E-state index is -0.526. The van der Waals surface area contributed by atoms with Crippen LogP contribution in [0.2, 0.25) is 0 Å². The van der Waals surface area contributed by atoms with E-state index in [4.69, 9.17) is 5.73 Å². The first kappa shape index (κ1) is 15.8. The molecule has 122 valence electrons. The second-order valence-corrected chi connectivity index (χ2v) is 5.89. The summed E-state index contributed by atoms with van der Waals surface area (Å²) >= 11 is 0. The number of nitrogens with zero attached hydrogens (tertiary/aromatic N) is 3. The van der Waals surface area contributed by atoms with Crippen LogP contribution < -0.4 is 15.5 Å². The minimum absolute atomic E-state index is 0.526. The van der Waals surface area contributed by atoms with Gasteiger partial charge in [0.05, 0.1) is 16.9 Å². The van der Waals surface area contributed by atoms with E-state index in [1.807, 2.05) is 80.5 Å². The van der Waals surface area contributed by atoms with Gasteiger partial charge in [-0.3, -0.25) is 9.88 Å². The number of hydrogen-bond acceptors (Lipinski definition) is 3. The van der Waals surface area contributed by atoms with Crippen LogP contribution >= 0.6 is 0 Å². The molecule has 5 heteroatoms. The molecular formula is C19H20N4O. The van der Waals surface area contributed by atoms with E-state index < -0.39 is 6.03 Å². The van der Waals surface area contributed by atoms with Crippen molar-refractivity contribution in [2.45, 2.75) is 6.92 Å². The molecule has 1 aromatic heterocycles. The highest BCUT2D eigenvalue weighted by Crippen LogP contribution is 2.33. The molecule has 0 aliphatic carbocycles. The summed E-state index contributed by atoms with van der Waals surface area (Å²) in [6, 6.07) is 16.8. The van der Waals surface area contributed by atoms with Crippen molar-refractivity contribution in [3.63, 3.8) is 0 Å². The Morgan fingerprint density at radius 3 is 2.42 bits per heavy atom. The van der Waals surface area contributed by atoms with Crippen LogP contribution in [-0.4, -0.2) is 25.1 Å². The summed E-state index contributed by atoms with van der Waals surface area (Å²) < 4.78 is 0. The van der Waals surface area contributed by atoms with Gasteiger partial charge in [-0.2, -0.15) is 0 Å². The number of hydrogen-bond donors (Lipinski definition) is 1. The lowest BCUT2D eigenvalue weighted by Gasteiger charge is -2.24. The average molecular weight is 320 g/mol. The Hall–Kier alpha value is -3.08. The number of carbonyl (C=O) groups excluding carboxylic acids is 1. The van der Waals surface area contributed by atoms with Gasteiger partial charge in [-0.15, -0.1) is 0 Å². The number of nitrogens with two attached hydrogens (primary N) is 1. The topological polar surface area (TPSA) is 62.5 Å². The van der Waals surface area contributed by atoms with Gasteiger partial charge < -0.3 is 10.6 Å². The van der Waals surface area contributed by atoms with Crippen LogP contribution in [0, 0.1) is 6.92 Å². The highest BCUT2D eigenvalue weighted by atomic mass is 16.2. The molecular weight excluding hydrogens is 300 g/mol. The number of rotatable bonds is 3. The molecule has 3 aromatic rings. The Morgan fingerprint density at radius 2 is 1.71 bits per heavy atom. The molecule has 5 nitrogen and oxygen atoms in total. The Bertz CT molecular complexity index is 905. The Kier molecular flexibility index (Phi) is 4.08. The molecule has 2 N–H and O–H groups in total. The largest absolute Gasteiger partial charge is 0.378 e. The lowest BCUT2D eigenvalue weighted by molar-refractivity contribution is 0.256. The zero-order chi connectivity index (χ0) is 17.3. The van der Waals surface area contributed by atoms with Crippen molar-refractivity contribution in [2.24, 2.45) is 5.73 Å². The first-order valence-corrected chi connectivity index (χ1v) is 7.70. The molecule has 0 radical (unpaired) electrons. The number of anilines is 3. The van der Waals surface area contributed by atoms with Crippen molar-refractivity contribution in [3.05, 3.63) is 60.3 Å². The summed E-state index contributed by atoms with van der Waals surface area (Å²) in [5, 5.41) is 0.886. The maximum absolute atomic E-state index is 12.3. The van der Waals surface area contributed by atoms with E-state index in [1.165, 1.54) is 4.90 Å². The number of pyridine rings is 1. The third-order valence-corrected chi connectivity index (χ3v) is 3.89. The Labute approximate surface area is 141 Å². The summed E-state index contributed by atoms with van der Waals surface area (Å²) in [7, 11) is 3.92. The van der Waals surface area contributed by atoms with E-state index in [1.54, 1.807) is 0 Å². The number of carbonyl (C=O) groups is 1. The average Bonchev–Trinajstić information content (AvgIpc) is 2.54. The lowest BCUT2D eigenvalue weighted by Crippen LogP contribution is -2.31. The van der Waals surface area contributed by atoms with E-state index in [-0.39, 0.29) is 0 Å². The number of aryl methyl sites for hydroxylation is 1. The van der Waals surface area contributed by atoms with E-state index >= 15 is 0 Å². The second kappa shape index (κ2) is 6.20. The minimum Gasteiger partial charge on any atom is -0.378 e. The van der Waals surface area contributed by atoms with Crippen LogP contribution in [-0.2, 0) is 0 Å². The van der Waals surface area contributed by atoms with Gasteiger partial charge in [0.1, 0.15) is 0 Å². The first-order valence-electron chi connectivity index (χ1n) is 7.70. The Morgan fingerprint density at radius 1 is 1.00 bits per heavy atom. The second-order valence-electron chi connectivity index (χ2n) is 5.89. The molecule has 0 atom stereocenters. The van der Waals surface area contributed by atoms with Gasteiger partial charge in [0, 0.05) is 30.9 Å². The number of fused-ring (bicyclic) bond motifs is 1. The highest BCUT2D eigenvalue weighted by molar-refractivity contribution is 6.06. The molecule has 24 heavy (non-hydrogen) atoms. The fourth-order valence-electron chi connectivity index (χ4n) is 2.77. The van der Waals surface area contributed by atoms with E-state index in [2.05, 4.69) is 4.98 Å². The quantitative estimate of drug-likeness (QED) is 0.798. The van der Waals surface area contributed by atoms with Gasteiger partial charge in [-0.05, 0) is 37.3 Å². The summed E-state index contributed by atoms with van der Waals surface area (Å²) in [4.78, 5) is 20.3. The molecule has 0 saturated heterocycles. The summed E-state index contributed by atoms with van der Waals surface area (Å²) in [5.74, 6) is 0. The van der Waals surface area contributed by atoms with Crippen molar-refractivity contribution in [3.8, 4) is 0 Å². The van der Waals surface area contributed by atoms with Crippen molar-refractivity contribution >= 4 is 34.0 Å². The van der Waals surface area contributed by atoms with Gasteiger partial charge in [0.25, 0.3) is 0 Å². The third kappa shape index (κ3) is 2.88. The fraction of sp³-hybridized carbons (Fsp3) is 0.158. The van der Waals surface area contributed by atoms with Crippen molar-refractivity contribution < 1.29 is 4.79 Å². The van der Waals surface area contributed by atoms with Gasteiger partial charge in [0.15, 0.2) is 0 Å². The molecule has 0 aliphatic rings. The van der Waals surface area contributed by atoms with E-state index in [9.17, 15) is 4.79 Å². The van der Waals surface area contributed by atoms with E-state index in [0.717, 1.165) is 33.7 Å². The molecule has 2 amide bonds. The highest BCUT2D eigenvalue weighted by Gasteiger charge is 2.19. The third-order valence-electron chi connectivity index (χ3n) is 3.89. The Balaban J connectivity index is 2.24. The predicted molar refractivity (Wildman–Crippen MR) is 99.0 cm³/mol. The monoisotopic (exact) mass is 320 g/mol. The molecule has 0 unspecified atom stereocenters. The maximum atomic E-state index is 12.3. The predicted octanol–water partition coefficient (Wildman–Crippen LogP) is 3.83. The van der Waals surface area contributed by atoms with Gasteiger partial charge in [-0.1, -0.05) is 24.3 Å². The molecule has 0 spiro atoms. The number of urea groups is 1. The number of benzene rings is 2. The van der Waals surface area contributed by atoms with Crippen LogP contribution in [0.15, 0.2) is 54.6 Å².